The molecule has 0 aromatic carbocycles. The topological polar surface area (TPSA) is 59.0 Å². The third kappa shape index (κ3) is 1.46. The van der Waals surface area contributed by atoms with Gasteiger partial charge in [-0.25, -0.2) is 4.79 Å². The van der Waals surface area contributed by atoms with E-state index in [1.165, 1.54) is 0 Å². The fraction of sp³-hybridized carbons (Fsp3) is 0.889. The van der Waals surface area contributed by atoms with Gasteiger partial charge in [0.15, 0.2) is 0 Å². The fourth-order valence-corrected chi connectivity index (χ4v) is 2.09. The number of amides is 1. The van der Waals surface area contributed by atoms with Crippen LogP contribution in [0, 0.1) is 0 Å². The maximum absolute atomic E-state index is 11.4. The van der Waals surface area contributed by atoms with Gasteiger partial charge >= 0.3 is 6.09 Å². The Morgan fingerprint density at radius 2 is 2.07 bits per heavy atom. The standard InChI is InChI=1S/C9H15NO4/c11-7-9(1-4-13-5-2-9)10-3-6-14-8(10)12/h11H,1-7H2. The Kier molecular flexibility index (Phi) is 2.60. The molecular formula is C9H15NO4. The molecule has 2 aliphatic heterocycles. The van der Waals surface area contributed by atoms with E-state index in [-0.39, 0.29) is 12.7 Å². The van der Waals surface area contributed by atoms with Gasteiger partial charge in [0.25, 0.3) is 0 Å². The lowest BCUT2D eigenvalue weighted by Crippen LogP contribution is -2.55. The molecule has 0 spiro atoms. The molecular weight excluding hydrogens is 186 g/mol. The summed E-state index contributed by atoms with van der Waals surface area (Å²) in [6.45, 7) is 2.21. The smallest absolute Gasteiger partial charge is 0.410 e. The Hall–Kier alpha value is -0.810. The minimum absolute atomic E-state index is 0.00847. The van der Waals surface area contributed by atoms with Crippen molar-refractivity contribution in [3.05, 3.63) is 0 Å². The van der Waals surface area contributed by atoms with Crippen LogP contribution in [-0.4, -0.2) is 54.6 Å². The molecule has 0 aromatic rings. The van der Waals surface area contributed by atoms with E-state index in [1.807, 2.05) is 0 Å². The van der Waals surface area contributed by atoms with Crippen molar-refractivity contribution < 1.29 is 19.4 Å². The van der Waals surface area contributed by atoms with E-state index < -0.39 is 5.54 Å². The second-order valence-corrected chi connectivity index (χ2v) is 3.76. The van der Waals surface area contributed by atoms with Gasteiger partial charge in [0.1, 0.15) is 6.61 Å². The van der Waals surface area contributed by atoms with Crippen LogP contribution >= 0.6 is 0 Å². The third-order valence-electron chi connectivity index (χ3n) is 3.05. The number of carbonyl (C=O) groups excluding carboxylic acids is 1. The van der Waals surface area contributed by atoms with Crippen molar-refractivity contribution in [1.82, 2.24) is 4.90 Å². The van der Waals surface area contributed by atoms with Gasteiger partial charge in [-0.05, 0) is 12.8 Å². The Morgan fingerprint density at radius 1 is 1.36 bits per heavy atom. The molecule has 2 rings (SSSR count). The molecule has 2 saturated heterocycles. The monoisotopic (exact) mass is 201 g/mol. The van der Waals surface area contributed by atoms with E-state index >= 15 is 0 Å². The molecule has 0 aliphatic carbocycles. The van der Waals surface area contributed by atoms with Crippen LogP contribution < -0.4 is 0 Å². The summed E-state index contributed by atoms with van der Waals surface area (Å²) in [5.41, 5.74) is -0.439. The van der Waals surface area contributed by atoms with Crippen LogP contribution in [0.1, 0.15) is 12.8 Å². The van der Waals surface area contributed by atoms with E-state index in [1.54, 1.807) is 4.90 Å². The van der Waals surface area contributed by atoms with Gasteiger partial charge < -0.3 is 14.6 Å². The first-order chi connectivity index (χ1) is 6.78. The molecule has 0 radical (unpaired) electrons. The lowest BCUT2D eigenvalue weighted by molar-refractivity contribution is -0.0336. The second-order valence-electron chi connectivity index (χ2n) is 3.76. The quantitative estimate of drug-likeness (QED) is 0.682. The van der Waals surface area contributed by atoms with E-state index in [9.17, 15) is 9.90 Å². The van der Waals surface area contributed by atoms with Gasteiger partial charge in [0.05, 0.1) is 18.7 Å². The molecule has 0 unspecified atom stereocenters. The Bertz CT molecular complexity index is 225. The molecule has 0 bridgehead atoms. The summed E-state index contributed by atoms with van der Waals surface area (Å²) in [5.74, 6) is 0. The number of cyclic esters (lactones) is 1. The summed E-state index contributed by atoms with van der Waals surface area (Å²) >= 11 is 0. The molecule has 14 heavy (non-hydrogen) atoms. The maximum atomic E-state index is 11.4. The number of carbonyl (C=O) groups is 1. The summed E-state index contributed by atoms with van der Waals surface area (Å²) in [5, 5.41) is 9.41. The first kappa shape index (κ1) is 9.73. The Labute approximate surface area is 82.6 Å². The largest absolute Gasteiger partial charge is 0.448 e. The Morgan fingerprint density at radius 3 is 2.57 bits per heavy atom. The van der Waals surface area contributed by atoms with Crippen LogP contribution in [0.2, 0.25) is 0 Å². The van der Waals surface area contributed by atoms with Gasteiger partial charge in [-0.3, -0.25) is 4.90 Å². The van der Waals surface area contributed by atoms with Crippen molar-refractivity contribution in [3.63, 3.8) is 0 Å². The number of hydrogen-bond acceptors (Lipinski definition) is 4. The van der Waals surface area contributed by atoms with Crippen molar-refractivity contribution >= 4 is 6.09 Å². The zero-order valence-electron chi connectivity index (χ0n) is 8.07. The number of aliphatic hydroxyl groups excluding tert-OH is 1. The maximum Gasteiger partial charge on any atom is 0.410 e. The minimum atomic E-state index is -0.439. The molecule has 1 N–H and O–H groups in total. The van der Waals surface area contributed by atoms with Crippen molar-refractivity contribution in [3.8, 4) is 0 Å². The summed E-state index contributed by atoms with van der Waals surface area (Å²) in [7, 11) is 0. The zero-order valence-corrected chi connectivity index (χ0v) is 8.07. The van der Waals surface area contributed by atoms with Crippen molar-refractivity contribution in [2.75, 3.05) is 33.0 Å². The van der Waals surface area contributed by atoms with Crippen LogP contribution in [-0.2, 0) is 9.47 Å². The molecule has 0 atom stereocenters. The lowest BCUT2D eigenvalue weighted by Gasteiger charge is -2.41. The van der Waals surface area contributed by atoms with E-state index in [4.69, 9.17) is 9.47 Å². The lowest BCUT2D eigenvalue weighted by atomic mass is 9.89. The zero-order chi connectivity index (χ0) is 10.0. The average molecular weight is 201 g/mol. The van der Waals surface area contributed by atoms with Gasteiger partial charge in [0, 0.05) is 13.2 Å². The molecule has 5 nitrogen and oxygen atoms in total. The van der Waals surface area contributed by atoms with Crippen LogP contribution in [0.3, 0.4) is 0 Å². The molecule has 1 amide bonds. The number of ether oxygens (including phenoxy) is 2. The number of aliphatic hydroxyl groups is 1. The van der Waals surface area contributed by atoms with Crippen LogP contribution in [0.25, 0.3) is 0 Å². The Balaban J connectivity index is 2.13. The van der Waals surface area contributed by atoms with Crippen molar-refractivity contribution in [2.45, 2.75) is 18.4 Å². The van der Waals surface area contributed by atoms with E-state index in [0.29, 0.717) is 39.2 Å². The average Bonchev–Trinajstić information content (AvgIpc) is 2.66. The third-order valence-corrected chi connectivity index (χ3v) is 3.05. The summed E-state index contributed by atoms with van der Waals surface area (Å²) in [6.07, 6.45) is 1.08. The summed E-state index contributed by atoms with van der Waals surface area (Å²) < 4.78 is 10.1. The van der Waals surface area contributed by atoms with E-state index in [2.05, 4.69) is 0 Å². The molecule has 2 heterocycles. The van der Waals surface area contributed by atoms with Gasteiger partial charge in [-0.2, -0.15) is 0 Å². The molecule has 5 heteroatoms. The van der Waals surface area contributed by atoms with Crippen LogP contribution in [0.4, 0.5) is 4.79 Å². The number of rotatable bonds is 2. The van der Waals surface area contributed by atoms with E-state index in [0.717, 1.165) is 0 Å². The molecule has 0 aromatic heterocycles. The van der Waals surface area contributed by atoms with Gasteiger partial charge in [-0.1, -0.05) is 0 Å². The number of nitrogens with zero attached hydrogens (tertiary/aromatic N) is 1. The summed E-state index contributed by atoms with van der Waals surface area (Å²) in [6, 6.07) is 0. The SMILES string of the molecule is O=C1OCCN1C1(CO)CCOCC1. The highest BCUT2D eigenvalue weighted by Crippen LogP contribution is 2.29. The highest BCUT2D eigenvalue weighted by molar-refractivity contribution is 5.70. The van der Waals surface area contributed by atoms with Crippen LogP contribution in [0.15, 0.2) is 0 Å². The summed E-state index contributed by atoms with van der Waals surface area (Å²) in [4.78, 5) is 13.0. The predicted molar refractivity (Wildman–Crippen MR) is 47.9 cm³/mol. The highest BCUT2D eigenvalue weighted by atomic mass is 16.6. The molecule has 2 fully saturated rings. The van der Waals surface area contributed by atoms with Gasteiger partial charge in [-0.15, -0.1) is 0 Å². The molecule has 2 aliphatic rings. The molecule has 80 valence electrons. The number of hydrogen-bond donors (Lipinski definition) is 1. The van der Waals surface area contributed by atoms with Crippen molar-refractivity contribution in [2.24, 2.45) is 0 Å². The van der Waals surface area contributed by atoms with Crippen molar-refractivity contribution in [1.29, 1.82) is 0 Å². The van der Waals surface area contributed by atoms with Crippen LogP contribution in [0.5, 0.6) is 0 Å². The first-order valence-electron chi connectivity index (χ1n) is 4.91. The highest BCUT2D eigenvalue weighted by Gasteiger charge is 2.43. The minimum Gasteiger partial charge on any atom is -0.448 e. The predicted octanol–water partition coefficient (Wildman–Crippen LogP) is -0.0199. The second kappa shape index (κ2) is 3.74. The molecule has 0 saturated carbocycles. The fourth-order valence-electron chi connectivity index (χ4n) is 2.09. The first-order valence-corrected chi connectivity index (χ1v) is 4.91. The van der Waals surface area contributed by atoms with Gasteiger partial charge in [0.2, 0.25) is 0 Å². The normalized spacial score (nSPS) is 26.4.